The zero-order valence-corrected chi connectivity index (χ0v) is 19.8. The molecule has 3 aromatic rings. The van der Waals surface area contributed by atoms with E-state index in [9.17, 15) is 4.79 Å². The van der Waals surface area contributed by atoms with Crippen molar-refractivity contribution in [3.8, 4) is 23.0 Å². The Hall–Kier alpha value is -3.15. The Labute approximate surface area is 187 Å². The zero-order chi connectivity index (χ0) is 23.2. The molecule has 0 bridgehead atoms. The van der Waals surface area contributed by atoms with Crippen molar-refractivity contribution in [1.29, 1.82) is 0 Å². The van der Waals surface area contributed by atoms with Crippen LogP contribution in [0.25, 0.3) is 21.9 Å². The number of hydrogen-bond acceptors (Lipinski definition) is 6. The second-order valence-electron chi connectivity index (χ2n) is 9.00. The van der Waals surface area contributed by atoms with E-state index in [1.807, 2.05) is 27.7 Å². The van der Waals surface area contributed by atoms with Gasteiger partial charge in [0.05, 0.1) is 26.7 Å². The molecule has 0 saturated carbocycles. The normalized spacial score (nSPS) is 14.6. The van der Waals surface area contributed by atoms with Crippen LogP contribution in [0.1, 0.15) is 45.2 Å². The Morgan fingerprint density at radius 1 is 1.03 bits per heavy atom. The van der Waals surface area contributed by atoms with Crippen LogP contribution in [-0.4, -0.2) is 26.9 Å². The van der Waals surface area contributed by atoms with Gasteiger partial charge in [-0.3, -0.25) is 4.79 Å². The summed E-state index contributed by atoms with van der Waals surface area (Å²) >= 11 is 0. The van der Waals surface area contributed by atoms with Crippen molar-refractivity contribution >= 4 is 21.9 Å². The molecule has 2 aromatic carbocycles. The number of methoxy groups -OCH3 is 3. The minimum Gasteiger partial charge on any atom is -0.496 e. The molecule has 0 amide bonds. The number of ether oxygens (including phenoxy) is 4. The van der Waals surface area contributed by atoms with E-state index in [1.165, 1.54) is 0 Å². The lowest BCUT2D eigenvalue weighted by molar-refractivity contribution is 0.0857. The predicted octanol–water partition coefficient (Wildman–Crippen LogP) is 5.58. The Balaban J connectivity index is 2.17. The van der Waals surface area contributed by atoms with Gasteiger partial charge in [-0.1, -0.05) is 11.6 Å². The van der Waals surface area contributed by atoms with Gasteiger partial charge in [-0.05, 0) is 47.0 Å². The molecular weight excluding hydrogens is 408 g/mol. The summed E-state index contributed by atoms with van der Waals surface area (Å²) in [6.07, 6.45) is 4.16. The number of allylic oxidation sites excluding steroid dienone is 2. The summed E-state index contributed by atoms with van der Waals surface area (Å²) in [6.45, 7) is 8.09. The smallest absolute Gasteiger partial charge is 0.204 e. The van der Waals surface area contributed by atoms with Crippen molar-refractivity contribution in [1.82, 2.24) is 0 Å². The average molecular weight is 439 g/mol. The number of hydrogen-bond donors (Lipinski definition) is 0. The second-order valence-corrected chi connectivity index (χ2v) is 9.00. The number of benzene rings is 2. The third-order valence-corrected chi connectivity index (χ3v) is 6.00. The molecule has 1 aliphatic heterocycles. The zero-order valence-electron chi connectivity index (χ0n) is 19.8. The van der Waals surface area contributed by atoms with Gasteiger partial charge in [0.25, 0.3) is 0 Å². The predicted molar refractivity (Wildman–Crippen MR) is 126 cm³/mol. The van der Waals surface area contributed by atoms with Crippen LogP contribution in [0.4, 0.5) is 0 Å². The van der Waals surface area contributed by atoms with Gasteiger partial charge in [-0.25, -0.2) is 0 Å². The quantitative estimate of drug-likeness (QED) is 0.382. The molecule has 2 heterocycles. The van der Waals surface area contributed by atoms with Crippen LogP contribution in [0.3, 0.4) is 0 Å². The lowest BCUT2D eigenvalue weighted by Gasteiger charge is -2.33. The lowest BCUT2D eigenvalue weighted by Crippen LogP contribution is -2.33. The van der Waals surface area contributed by atoms with Gasteiger partial charge in [0.2, 0.25) is 5.43 Å². The van der Waals surface area contributed by atoms with Gasteiger partial charge in [-0.15, -0.1) is 0 Å². The van der Waals surface area contributed by atoms with Crippen molar-refractivity contribution in [3.63, 3.8) is 0 Å². The first-order valence-electron chi connectivity index (χ1n) is 10.8. The first-order chi connectivity index (χ1) is 15.2. The molecule has 1 aromatic heterocycles. The van der Waals surface area contributed by atoms with Gasteiger partial charge in [-0.2, -0.15) is 0 Å². The monoisotopic (exact) mass is 438 g/mol. The molecular formula is C26H30O6. The second kappa shape index (κ2) is 8.08. The van der Waals surface area contributed by atoms with Crippen LogP contribution in [0.15, 0.2) is 33.0 Å². The maximum Gasteiger partial charge on any atom is 0.204 e. The first kappa shape index (κ1) is 22.1. The van der Waals surface area contributed by atoms with E-state index < -0.39 is 5.60 Å². The van der Waals surface area contributed by atoms with Gasteiger partial charge in [0, 0.05) is 23.3 Å². The number of fused-ring (bicyclic) bond motifs is 4. The van der Waals surface area contributed by atoms with Gasteiger partial charge in [0.1, 0.15) is 33.7 Å². The van der Waals surface area contributed by atoms with E-state index in [-0.39, 0.29) is 5.43 Å². The minimum absolute atomic E-state index is 0.143. The molecule has 6 nitrogen and oxygen atoms in total. The largest absolute Gasteiger partial charge is 0.496 e. The van der Waals surface area contributed by atoms with Crippen molar-refractivity contribution in [2.24, 2.45) is 0 Å². The summed E-state index contributed by atoms with van der Waals surface area (Å²) in [7, 11) is 4.77. The minimum atomic E-state index is -0.393. The molecule has 0 radical (unpaired) electrons. The van der Waals surface area contributed by atoms with Crippen LogP contribution >= 0.6 is 0 Å². The van der Waals surface area contributed by atoms with Crippen molar-refractivity contribution in [2.45, 2.75) is 52.6 Å². The van der Waals surface area contributed by atoms with Crippen LogP contribution in [0, 0.1) is 0 Å². The van der Waals surface area contributed by atoms with E-state index in [1.54, 1.807) is 33.5 Å². The maximum absolute atomic E-state index is 14.0. The molecule has 6 heteroatoms. The molecule has 0 spiro atoms. The standard InChI is InChI=1S/C26H30O6/c1-14(2)8-9-16-21-18(13-20(29-6)24(16)30-7)31-19-12-17(28-5)15-10-11-26(3,4)32-25(15)22(19)23(21)27/h8,12-13H,9-11H2,1-7H3. The molecule has 0 aliphatic carbocycles. The highest BCUT2D eigenvalue weighted by atomic mass is 16.5. The topological polar surface area (TPSA) is 67.1 Å². The van der Waals surface area contributed by atoms with Gasteiger partial charge < -0.3 is 23.4 Å². The molecule has 0 N–H and O–H groups in total. The third-order valence-electron chi connectivity index (χ3n) is 6.00. The number of rotatable bonds is 5. The van der Waals surface area contributed by atoms with E-state index >= 15 is 0 Å². The molecule has 0 unspecified atom stereocenters. The Morgan fingerprint density at radius 2 is 1.69 bits per heavy atom. The van der Waals surface area contributed by atoms with Gasteiger partial charge >= 0.3 is 0 Å². The summed E-state index contributed by atoms with van der Waals surface area (Å²) in [5.41, 5.74) is 3.11. The summed E-state index contributed by atoms with van der Waals surface area (Å²) in [4.78, 5) is 14.0. The molecule has 0 saturated heterocycles. The molecule has 32 heavy (non-hydrogen) atoms. The Bertz CT molecular complexity index is 1290. The van der Waals surface area contributed by atoms with Crippen molar-refractivity contribution < 1.29 is 23.4 Å². The van der Waals surface area contributed by atoms with Crippen molar-refractivity contribution in [2.75, 3.05) is 21.3 Å². The molecule has 170 valence electrons. The van der Waals surface area contributed by atoms with Gasteiger partial charge in [0.15, 0.2) is 11.5 Å². The summed E-state index contributed by atoms with van der Waals surface area (Å²) in [5, 5.41) is 0.916. The molecule has 4 rings (SSSR count). The third kappa shape index (κ3) is 3.57. The SMILES string of the molecule is COc1cc2oc3cc(OC)c(OC)c(CC=C(C)C)c3c(=O)c2c2c1CCC(C)(C)O2. The van der Waals surface area contributed by atoms with Crippen LogP contribution in [0.5, 0.6) is 23.0 Å². The van der Waals surface area contributed by atoms with Crippen molar-refractivity contribution in [3.05, 3.63) is 45.1 Å². The fourth-order valence-electron chi connectivity index (χ4n) is 4.35. The van der Waals surface area contributed by atoms with E-state index in [0.29, 0.717) is 51.4 Å². The highest BCUT2D eigenvalue weighted by Gasteiger charge is 2.32. The summed E-state index contributed by atoms with van der Waals surface area (Å²) < 4.78 is 29.5. The fourth-order valence-corrected chi connectivity index (χ4v) is 4.35. The first-order valence-corrected chi connectivity index (χ1v) is 10.8. The lowest BCUT2D eigenvalue weighted by atomic mass is 9.91. The molecule has 0 fully saturated rings. The maximum atomic E-state index is 14.0. The van der Waals surface area contributed by atoms with E-state index in [0.717, 1.165) is 29.5 Å². The fraction of sp³-hybridized carbons (Fsp3) is 0.423. The van der Waals surface area contributed by atoms with Crippen LogP contribution in [0.2, 0.25) is 0 Å². The summed E-state index contributed by atoms with van der Waals surface area (Å²) in [6, 6.07) is 3.49. The van der Waals surface area contributed by atoms with E-state index in [4.69, 9.17) is 23.4 Å². The summed E-state index contributed by atoms with van der Waals surface area (Å²) in [5.74, 6) is 2.26. The van der Waals surface area contributed by atoms with Crippen LogP contribution < -0.4 is 24.4 Å². The Morgan fingerprint density at radius 3 is 2.31 bits per heavy atom. The highest BCUT2D eigenvalue weighted by Crippen LogP contribution is 2.45. The van der Waals surface area contributed by atoms with Crippen LogP contribution in [-0.2, 0) is 12.8 Å². The van der Waals surface area contributed by atoms with E-state index in [2.05, 4.69) is 6.08 Å². The molecule has 1 aliphatic rings. The molecule has 0 atom stereocenters. The average Bonchev–Trinajstić information content (AvgIpc) is 2.74. The highest BCUT2D eigenvalue weighted by molar-refractivity contribution is 5.98. The Kier molecular flexibility index (Phi) is 5.57.